The number of amides is 1. The maximum Gasteiger partial charge on any atom is 0.221 e. The summed E-state index contributed by atoms with van der Waals surface area (Å²) >= 11 is 0. The van der Waals surface area contributed by atoms with E-state index in [4.69, 9.17) is 0 Å². The molecule has 2 aromatic rings. The van der Waals surface area contributed by atoms with Crippen LogP contribution < -0.4 is 10.6 Å². The summed E-state index contributed by atoms with van der Waals surface area (Å²) in [6.07, 6.45) is 6.34. The Morgan fingerprint density at radius 1 is 1.30 bits per heavy atom. The topological polar surface area (TPSA) is 59.0 Å². The van der Waals surface area contributed by atoms with E-state index in [0.717, 1.165) is 17.9 Å². The normalized spacial score (nSPS) is 14.1. The highest BCUT2D eigenvalue weighted by Crippen LogP contribution is 2.35. The van der Waals surface area contributed by atoms with E-state index in [1.807, 2.05) is 36.8 Å². The second kappa shape index (κ2) is 5.36. The fourth-order valence-electron chi connectivity index (χ4n) is 2.22. The first-order valence-corrected chi connectivity index (χ1v) is 6.84. The monoisotopic (exact) mass is 270 g/mol. The Morgan fingerprint density at radius 2 is 2.00 bits per heavy atom. The number of rotatable bonds is 5. The third-order valence-electron chi connectivity index (χ3n) is 3.37. The summed E-state index contributed by atoms with van der Waals surface area (Å²) in [6.45, 7) is 2.27. The molecule has 0 radical (unpaired) electrons. The molecule has 1 aliphatic carbocycles. The zero-order valence-corrected chi connectivity index (χ0v) is 11.5. The van der Waals surface area contributed by atoms with Crippen LogP contribution in [-0.2, 0) is 11.3 Å². The van der Waals surface area contributed by atoms with E-state index in [9.17, 15) is 4.79 Å². The molecule has 0 atom stereocenters. The van der Waals surface area contributed by atoms with Gasteiger partial charge in [0.2, 0.25) is 5.91 Å². The van der Waals surface area contributed by atoms with E-state index in [-0.39, 0.29) is 5.91 Å². The summed E-state index contributed by atoms with van der Waals surface area (Å²) in [5.41, 5.74) is 3.05. The average Bonchev–Trinajstić information content (AvgIpc) is 3.16. The lowest BCUT2D eigenvalue weighted by atomic mass is 10.2. The van der Waals surface area contributed by atoms with Gasteiger partial charge in [-0.1, -0.05) is 0 Å². The molecule has 0 spiro atoms. The molecule has 1 fully saturated rings. The van der Waals surface area contributed by atoms with Crippen LogP contribution in [-0.4, -0.2) is 15.5 Å². The van der Waals surface area contributed by atoms with Crippen molar-refractivity contribution in [1.29, 1.82) is 0 Å². The first-order valence-electron chi connectivity index (χ1n) is 6.84. The standard InChI is InChI=1S/C15H18N4O/c1-11(20)18-13-4-2-12(3-5-13)17-9-15-8-16-10-19(15)14-6-7-14/h2-5,8,10,14,17H,6-7,9H2,1H3,(H,18,20). The fourth-order valence-corrected chi connectivity index (χ4v) is 2.22. The van der Waals surface area contributed by atoms with Crippen molar-refractivity contribution in [2.75, 3.05) is 10.6 Å². The molecular weight excluding hydrogens is 252 g/mol. The number of benzene rings is 1. The van der Waals surface area contributed by atoms with E-state index in [1.54, 1.807) is 0 Å². The highest BCUT2D eigenvalue weighted by molar-refractivity contribution is 5.88. The Kier molecular flexibility index (Phi) is 3.41. The highest BCUT2D eigenvalue weighted by atomic mass is 16.1. The number of nitrogens with one attached hydrogen (secondary N) is 2. The van der Waals surface area contributed by atoms with Crippen molar-refractivity contribution in [3.05, 3.63) is 42.5 Å². The largest absolute Gasteiger partial charge is 0.379 e. The minimum Gasteiger partial charge on any atom is -0.379 e. The van der Waals surface area contributed by atoms with Crippen molar-refractivity contribution < 1.29 is 4.79 Å². The first-order chi connectivity index (χ1) is 9.72. The number of nitrogens with zero attached hydrogens (tertiary/aromatic N) is 2. The lowest BCUT2D eigenvalue weighted by molar-refractivity contribution is -0.114. The van der Waals surface area contributed by atoms with Crippen LogP contribution in [0.3, 0.4) is 0 Å². The molecule has 0 saturated heterocycles. The molecule has 0 bridgehead atoms. The maximum atomic E-state index is 10.9. The minimum absolute atomic E-state index is 0.0564. The Bertz CT molecular complexity index is 599. The smallest absolute Gasteiger partial charge is 0.221 e. The molecule has 1 heterocycles. The third kappa shape index (κ3) is 2.99. The lowest BCUT2D eigenvalue weighted by Crippen LogP contribution is -2.07. The van der Waals surface area contributed by atoms with Crippen LogP contribution in [0.5, 0.6) is 0 Å². The SMILES string of the molecule is CC(=O)Nc1ccc(NCc2cncn2C2CC2)cc1. The van der Waals surface area contributed by atoms with E-state index in [0.29, 0.717) is 6.04 Å². The van der Waals surface area contributed by atoms with Gasteiger partial charge in [0.05, 0.1) is 18.6 Å². The minimum atomic E-state index is -0.0564. The van der Waals surface area contributed by atoms with Crippen LogP contribution in [0.25, 0.3) is 0 Å². The van der Waals surface area contributed by atoms with Crippen LogP contribution in [0.4, 0.5) is 11.4 Å². The van der Waals surface area contributed by atoms with Gasteiger partial charge in [-0.05, 0) is 37.1 Å². The molecule has 5 nitrogen and oxygen atoms in total. The van der Waals surface area contributed by atoms with Gasteiger partial charge in [0.25, 0.3) is 0 Å². The van der Waals surface area contributed by atoms with E-state index < -0.39 is 0 Å². The lowest BCUT2D eigenvalue weighted by Gasteiger charge is -2.10. The molecule has 3 rings (SSSR count). The third-order valence-corrected chi connectivity index (χ3v) is 3.37. The van der Waals surface area contributed by atoms with E-state index in [1.165, 1.54) is 25.5 Å². The maximum absolute atomic E-state index is 10.9. The van der Waals surface area contributed by atoms with Gasteiger partial charge in [-0.3, -0.25) is 4.79 Å². The Labute approximate surface area is 118 Å². The molecule has 1 saturated carbocycles. The van der Waals surface area contributed by atoms with Gasteiger partial charge >= 0.3 is 0 Å². The molecule has 1 aromatic heterocycles. The highest BCUT2D eigenvalue weighted by Gasteiger charge is 2.24. The number of aromatic nitrogens is 2. The van der Waals surface area contributed by atoms with Crippen molar-refractivity contribution in [2.45, 2.75) is 32.4 Å². The van der Waals surface area contributed by atoms with Crippen molar-refractivity contribution in [2.24, 2.45) is 0 Å². The number of hydrogen-bond acceptors (Lipinski definition) is 3. The summed E-state index contributed by atoms with van der Waals surface area (Å²) in [5, 5.41) is 6.13. The van der Waals surface area contributed by atoms with Gasteiger partial charge in [-0.2, -0.15) is 0 Å². The van der Waals surface area contributed by atoms with Gasteiger partial charge in [-0.15, -0.1) is 0 Å². The first kappa shape index (κ1) is 12.7. The zero-order chi connectivity index (χ0) is 13.9. The fraction of sp³-hybridized carbons (Fsp3) is 0.333. The number of anilines is 2. The molecule has 1 amide bonds. The van der Waals surface area contributed by atoms with Gasteiger partial charge in [-0.25, -0.2) is 4.98 Å². The van der Waals surface area contributed by atoms with Crippen LogP contribution in [0.15, 0.2) is 36.8 Å². The van der Waals surface area contributed by atoms with E-state index >= 15 is 0 Å². The van der Waals surface area contributed by atoms with Gasteiger partial charge in [0.15, 0.2) is 0 Å². The predicted molar refractivity (Wildman–Crippen MR) is 78.6 cm³/mol. The molecule has 0 aliphatic heterocycles. The number of imidazole rings is 1. The number of carbonyl (C=O) groups is 1. The van der Waals surface area contributed by atoms with Crippen LogP contribution in [0.1, 0.15) is 31.5 Å². The van der Waals surface area contributed by atoms with Crippen molar-refractivity contribution in [3.8, 4) is 0 Å². The second-order valence-electron chi connectivity index (χ2n) is 5.14. The summed E-state index contributed by atoms with van der Waals surface area (Å²) in [4.78, 5) is 15.2. The van der Waals surface area contributed by atoms with E-state index in [2.05, 4.69) is 20.2 Å². The molecule has 1 aliphatic rings. The van der Waals surface area contributed by atoms with Crippen LogP contribution >= 0.6 is 0 Å². The van der Waals surface area contributed by atoms with Gasteiger partial charge in [0, 0.05) is 30.5 Å². The molecule has 5 heteroatoms. The summed E-state index contributed by atoms with van der Waals surface area (Å²) in [5.74, 6) is -0.0564. The Morgan fingerprint density at radius 3 is 2.65 bits per heavy atom. The van der Waals surface area contributed by atoms with Gasteiger partial charge in [0.1, 0.15) is 0 Å². The number of carbonyl (C=O) groups excluding carboxylic acids is 1. The summed E-state index contributed by atoms with van der Waals surface area (Å²) in [6, 6.07) is 8.35. The molecule has 104 valence electrons. The molecular formula is C15H18N4O. The van der Waals surface area contributed by atoms with Crippen molar-refractivity contribution in [1.82, 2.24) is 9.55 Å². The Balaban J connectivity index is 1.60. The summed E-state index contributed by atoms with van der Waals surface area (Å²) in [7, 11) is 0. The van der Waals surface area contributed by atoms with Crippen LogP contribution in [0.2, 0.25) is 0 Å². The Hall–Kier alpha value is -2.30. The van der Waals surface area contributed by atoms with Crippen molar-refractivity contribution in [3.63, 3.8) is 0 Å². The zero-order valence-electron chi connectivity index (χ0n) is 11.5. The number of hydrogen-bond donors (Lipinski definition) is 2. The second-order valence-corrected chi connectivity index (χ2v) is 5.14. The molecule has 1 aromatic carbocycles. The van der Waals surface area contributed by atoms with Crippen LogP contribution in [0, 0.1) is 0 Å². The average molecular weight is 270 g/mol. The molecule has 20 heavy (non-hydrogen) atoms. The predicted octanol–water partition coefficient (Wildman–Crippen LogP) is 2.79. The van der Waals surface area contributed by atoms with Crippen molar-refractivity contribution >= 4 is 17.3 Å². The van der Waals surface area contributed by atoms with Gasteiger partial charge < -0.3 is 15.2 Å². The molecule has 0 unspecified atom stereocenters. The summed E-state index contributed by atoms with van der Waals surface area (Å²) < 4.78 is 2.25. The quantitative estimate of drug-likeness (QED) is 0.878. The molecule has 2 N–H and O–H groups in total.